The minimum atomic E-state index is -0.175. The summed E-state index contributed by atoms with van der Waals surface area (Å²) in [5, 5.41) is 0. The molecule has 1 atom stereocenters. The van der Waals surface area contributed by atoms with Crippen molar-refractivity contribution in [3.8, 4) is 0 Å². The molecule has 0 radical (unpaired) electrons. The van der Waals surface area contributed by atoms with Crippen LogP contribution in [-0.4, -0.2) is 6.04 Å². The Hall–Kier alpha value is -1.32. The van der Waals surface area contributed by atoms with E-state index in [1.165, 1.54) is 29.0 Å². The summed E-state index contributed by atoms with van der Waals surface area (Å²) >= 11 is 1.48. The Morgan fingerprint density at radius 2 is 1.90 bits per heavy atom. The molecule has 20 heavy (non-hydrogen) atoms. The van der Waals surface area contributed by atoms with Crippen molar-refractivity contribution in [3.05, 3.63) is 58.9 Å². The minimum Gasteiger partial charge on any atom is -0.328 e. The van der Waals surface area contributed by atoms with E-state index in [1.54, 1.807) is 6.07 Å². The maximum absolute atomic E-state index is 14.1. The topological polar surface area (TPSA) is 26.0 Å². The third kappa shape index (κ3) is 3.62. The number of hydrogen-bond donors (Lipinski definition) is 1. The highest BCUT2D eigenvalue weighted by atomic mass is 32.2. The number of aryl methyl sites for hydroxylation is 2. The highest BCUT2D eigenvalue weighted by molar-refractivity contribution is 7.99. The van der Waals surface area contributed by atoms with Gasteiger partial charge in [0.1, 0.15) is 5.82 Å². The maximum Gasteiger partial charge on any atom is 0.137 e. The standard InChI is InChI=1S/C17H20FNS/c1-11-7-8-15(9-12(11)2)20-17-14(10-13(3)19)5-4-6-16(17)18/h4-9,13H,10,19H2,1-3H3. The Morgan fingerprint density at radius 1 is 1.15 bits per heavy atom. The van der Waals surface area contributed by atoms with Gasteiger partial charge in [-0.2, -0.15) is 0 Å². The second-order valence-corrected chi connectivity index (χ2v) is 6.34. The molecule has 0 amide bonds. The van der Waals surface area contributed by atoms with Crippen LogP contribution in [0.25, 0.3) is 0 Å². The van der Waals surface area contributed by atoms with Crippen LogP contribution in [0.15, 0.2) is 46.2 Å². The Bertz CT molecular complexity index is 608. The van der Waals surface area contributed by atoms with E-state index in [1.807, 2.05) is 19.1 Å². The molecule has 0 aromatic heterocycles. The SMILES string of the molecule is Cc1ccc(Sc2c(F)cccc2CC(C)N)cc1C. The van der Waals surface area contributed by atoms with Crippen molar-refractivity contribution in [1.29, 1.82) is 0 Å². The van der Waals surface area contributed by atoms with Crippen LogP contribution in [0.3, 0.4) is 0 Å². The maximum atomic E-state index is 14.1. The van der Waals surface area contributed by atoms with E-state index in [4.69, 9.17) is 5.73 Å². The molecule has 3 heteroatoms. The molecular formula is C17H20FNS. The first kappa shape index (κ1) is 15.1. The molecule has 0 saturated heterocycles. The first-order chi connectivity index (χ1) is 9.47. The quantitative estimate of drug-likeness (QED) is 0.898. The molecule has 2 rings (SSSR count). The highest BCUT2D eigenvalue weighted by Gasteiger charge is 2.12. The van der Waals surface area contributed by atoms with Gasteiger partial charge in [-0.25, -0.2) is 4.39 Å². The normalized spacial score (nSPS) is 12.4. The van der Waals surface area contributed by atoms with Crippen LogP contribution in [0, 0.1) is 19.7 Å². The number of rotatable bonds is 4. The Labute approximate surface area is 124 Å². The van der Waals surface area contributed by atoms with Gasteiger partial charge in [-0.05, 0) is 62.1 Å². The van der Waals surface area contributed by atoms with E-state index in [0.29, 0.717) is 11.3 Å². The average Bonchev–Trinajstić information content (AvgIpc) is 2.37. The molecule has 0 heterocycles. The van der Waals surface area contributed by atoms with Gasteiger partial charge in [0.2, 0.25) is 0 Å². The van der Waals surface area contributed by atoms with Crippen LogP contribution < -0.4 is 5.73 Å². The van der Waals surface area contributed by atoms with E-state index >= 15 is 0 Å². The lowest BCUT2D eigenvalue weighted by Gasteiger charge is -2.13. The largest absolute Gasteiger partial charge is 0.328 e. The third-order valence-corrected chi connectivity index (χ3v) is 4.44. The molecule has 106 valence electrons. The summed E-state index contributed by atoms with van der Waals surface area (Å²) in [6.07, 6.45) is 0.685. The van der Waals surface area contributed by atoms with E-state index in [-0.39, 0.29) is 11.9 Å². The number of nitrogens with two attached hydrogens (primary N) is 1. The summed E-state index contributed by atoms with van der Waals surface area (Å²) in [6.45, 7) is 6.09. The van der Waals surface area contributed by atoms with Crippen molar-refractivity contribution < 1.29 is 4.39 Å². The molecule has 2 N–H and O–H groups in total. The summed E-state index contributed by atoms with van der Waals surface area (Å²) in [6, 6.07) is 11.4. The Morgan fingerprint density at radius 3 is 2.55 bits per heavy atom. The van der Waals surface area contributed by atoms with Crippen molar-refractivity contribution >= 4 is 11.8 Å². The predicted octanol–water partition coefficient (Wildman–Crippen LogP) is 4.48. The van der Waals surface area contributed by atoms with Crippen molar-refractivity contribution in [2.45, 2.75) is 43.0 Å². The average molecular weight is 289 g/mol. The fourth-order valence-electron chi connectivity index (χ4n) is 2.07. The van der Waals surface area contributed by atoms with E-state index in [9.17, 15) is 4.39 Å². The molecule has 1 unspecified atom stereocenters. The second kappa shape index (κ2) is 6.42. The van der Waals surface area contributed by atoms with Crippen LogP contribution in [0.2, 0.25) is 0 Å². The Balaban J connectivity index is 2.34. The fourth-order valence-corrected chi connectivity index (χ4v) is 3.13. The molecule has 0 aliphatic heterocycles. The van der Waals surface area contributed by atoms with Gasteiger partial charge in [0.05, 0.1) is 4.90 Å². The number of hydrogen-bond acceptors (Lipinski definition) is 2. The molecule has 0 spiro atoms. The fraction of sp³-hybridized carbons (Fsp3) is 0.294. The smallest absolute Gasteiger partial charge is 0.137 e. The van der Waals surface area contributed by atoms with Gasteiger partial charge in [0.25, 0.3) is 0 Å². The second-order valence-electron chi connectivity index (χ2n) is 5.26. The van der Waals surface area contributed by atoms with Crippen LogP contribution >= 0.6 is 11.8 Å². The molecule has 0 saturated carbocycles. The van der Waals surface area contributed by atoms with Crippen LogP contribution in [0.4, 0.5) is 4.39 Å². The highest BCUT2D eigenvalue weighted by Crippen LogP contribution is 2.34. The lowest BCUT2D eigenvalue weighted by molar-refractivity contribution is 0.593. The number of halogens is 1. The van der Waals surface area contributed by atoms with Gasteiger partial charge in [0, 0.05) is 10.9 Å². The minimum absolute atomic E-state index is 0.0240. The monoisotopic (exact) mass is 289 g/mol. The summed E-state index contributed by atoms with van der Waals surface area (Å²) in [4.78, 5) is 1.75. The lowest BCUT2D eigenvalue weighted by atomic mass is 10.1. The van der Waals surface area contributed by atoms with Gasteiger partial charge in [-0.3, -0.25) is 0 Å². The first-order valence-electron chi connectivity index (χ1n) is 6.75. The molecule has 0 aliphatic carbocycles. The molecule has 0 fully saturated rings. The van der Waals surface area contributed by atoms with Crippen molar-refractivity contribution in [3.63, 3.8) is 0 Å². The van der Waals surface area contributed by atoms with Crippen LogP contribution in [-0.2, 0) is 6.42 Å². The van der Waals surface area contributed by atoms with Gasteiger partial charge in [-0.15, -0.1) is 0 Å². The molecule has 2 aromatic rings. The Kier molecular flexibility index (Phi) is 4.84. The van der Waals surface area contributed by atoms with Crippen molar-refractivity contribution in [2.75, 3.05) is 0 Å². The molecule has 1 nitrogen and oxygen atoms in total. The summed E-state index contributed by atoms with van der Waals surface area (Å²) in [5.41, 5.74) is 9.30. The molecule has 0 aliphatic rings. The van der Waals surface area contributed by atoms with Gasteiger partial charge in [-0.1, -0.05) is 30.0 Å². The third-order valence-electron chi connectivity index (χ3n) is 3.29. The first-order valence-corrected chi connectivity index (χ1v) is 7.57. The van der Waals surface area contributed by atoms with Crippen molar-refractivity contribution in [1.82, 2.24) is 0 Å². The zero-order valence-electron chi connectivity index (χ0n) is 12.1. The summed E-state index contributed by atoms with van der Waals surface area (Å²) < 4.78 is 14.1. The molecular weight excluding hydrogens is 269 g/mol. The summed E-state index contributed by atoms with van der Waals surface area (Å²) in [7, 11) is 0. The van der Waals surface area contributed by atoms with Gasteiger partial charge >= 0.3 is 0 Å². The molecule has 2 aromatic carbocycles. The zero-order valence-corrected chi connectivity index (χ0v) is 12.9. The van der Waals surface area contributed by atoms with Crippen LogP contribution in [0.5, 0.6) is 0 Å². The van der Waals surface area contributed by atoms with Crippen molar-refractivity contribution in [2.24, 2.45) is 5.73 Å². The number of benzene rings is 2. The van der Waals surface area contributed by atoms with Gasteiger partial charge < -0.3 is 5.73 Å². The zero-order chi connectivity index (χ0) is 14.7. The van der Waals surface area contributed by atoms with E-state index < -0.39 is 0 Å². The van der Waals surface area contributed by atoms with E-state index in [0.717, 1.165) is 10.5 Å². The molecule has 0 bridgehead atoms. The lowest BCUT2D eigenvalue weighted by Crippen LogP contribution is -2.18. The van der Waals surface area contributed by atoms with Gasteiger partial charge in [0.15, 0.2) is 0 Å². The summed E-state index contributed by atoms with van der Waals surface area (Å²) in [5.74, 6) is -0.175. The van der Waals surface area contributed by atoms with E-state index in [2.05, 4.69) is 26.0 Å². The van der Waals surface area contributed by atoms with Crippen LogP contribution in [0.1, 0.15) is 23.6 Å². The predicted molar refractivity (Wildman–Crippen MR) is 83.8 cm³/mol.